The van der Waals surface area contributed by atoms with Crippen LogP contribution in [0.15, 0.2) is 8.06 Å². The zero-order valence-electron chi connectivity index (χ0n) is 5.17. The largest absolute Gasteiger partial charge is 0.0608 e. The summed E-state index contributed by atoms with van der Waals surface area (Å²) in [5.41, 5.74) is 0. The molecular weight excluding hydrogens is 279 g/mol. The molecule has 0 aliphatic rings. The SMILES string of the molecule is CC/C(Br)=C(/I)CC. The van der Waals surface area contributed by atoms with Crippen LogP contribution in [0.3, 0.4) is 0 Å². The molecule has 0 atom stereocenters. The van der Waals surface area contributed by atoms with Crippen LogP contribution in [-0.2, 0) is 0 Å². The third kappa shape index (κ3) is 3.07. The Balaban J connectivity index is 3.83. The highest BCUT2D eigenvalue weighted by atomic mass is 127. The summed E-state index contributed by atoms with van der Waals surface area (Å²) in [6, 6.07) is 0. The van der Waals surface area contributed by atoms with Gasteiger partial charge in [-0.05, 0) is 35.4 Å². The van der Waals surface area contributed by atoms with Crippen molar-refractivity contribution in [1.82, 2.24) is 0 Å². The second kappa shape index (κ2) is 4.79. The number of allylic oxidation sites excluding steroid dienone is 2. The third-order valence-electron chi connectivity index (χ3n) is 0.915. The molecule has 8 heavy (non-hydrogen) atoms. The van der Waals surface area contributed by atoms with Gasteiger partial charge in [-0.15, -0.1) is 0 Å². The van der Waals surface area contributed by atoms with Crippen molar-refractivity contribution < 1.29 is 0 Å². The number of rotatable bonds is 2. The van der Waals surface area contributed by atoms with Gasteiger partial charge in [0, 0.05) is 8.06 Å². The van der Waals surface area contributed by atoms with Crippen LogP contribution in [0.25, 0.3) is 0 Å². The molecule has 0 nitrogen and oxygen atoms in total. The van der Waals surface area contributed by atoms with Crippen LogP contribution in [0, 0.1) is 0 Å². The zero-order chi connectivity index (χ0) is 6.57. The van der Waals surface area contributed by atoms with Crippen LogP contribution >= 0.6 is 38.5 Å². The molecule has 0 aliphatic carbocycles. The Labute approximate surface area is 73.0 Å². The lowest BCUT2D eigenvalue weighted by Gasteiger charge is -1.95. The van der Waals surface area contributed by atoms with Crippen LogP contribution in [0.5, 0.6) is 0 Å². The highest BCUT2D eigenvalue weighted by Crippen LogP contribution is 2.23. The van der Waals surface area contributed by atoms with E-state index in [2.05, 4.69) is 52.4 Å². The molecule has 0 heterocycles. The Kier molecular flexibility index (Phi) is 5.36. The lowest BCUT2D eigenvalue weighted by atomic mass is 10.3. The van der Waals surface area contributed by atoms with Crippen molar-refractivity contribution in [3.05, 3.63) is 8.06 Å². The van der Waals surface area contributed by atoms with E-state index in [4.69, 9.17) is 0 Å². The van der Waals surface area contributed by atoms with E-state index >= 15 is 0 Å². The predicted molar refractivity (Wildman–Crippen MR) is 50.6 cm³/mol. The summed E-state index contributed by atoms with van der Waals surface area (Å²) in [5, 5.41) is 0. The fourth-order valence-corrected chi connectivity index (χ4v) is 1.05. The average Bonchev–Trinajstić information content (AvgIpc) is 1.84. The first kappa shape index (κ1) is 8.95. The first-order chi connectivity index (χ1) is 3.72. The molecule has 0 saturated carbocycles. The van der Waals surface area contributed by atoms with Crippen molar-refractivity contribution in [2.24, 2.45) is 0 Å². The van der Waals surface area contributed by atoms with E-state index in [1.54, 1.807) is 0 Å². The molecule has 0 saturated heterocycles. The van der Waals surface area contributed by atoms with Gasteiger partial charge in [0.1, 0.15) is 0 Å². The van der Waals surface area contributed by atoms with Gasteiger partial charge in [0.05, 0.1) is 0 Å². The molecule has 0 N–H and O–H groups in total. The Hall–Kier alpha value is 0.950. The Bertz CT molecular complexity index is 84.7. The van der Waals surface area contributed by atoms with E-state index in [0.717, 1.165) is 12.8 Å². The van der Waals surface area contributed by atoms with Crippen LogP contribution in [0.1, 0.15) is 26.7 Å². The molecular formula is C6H10BrI. The molecule has 0 radical (unpaired) electrons. The van der Waals surface area contributed by atoms with Gasteiger partial charge in [0.2, 0.25) is 0 Å². The molecule has 0 amide bonds. The van der Waals surface area contributed by atoms with Crippen LogP contribution in [0.2, 0.25) is 0 Å². The van der Waals surface area contributed by atoms with E-state index < -0.39 is 0 Å². The minimum atomic E-state index is 1.12. The zero-order valence-corrected chi connectivity index (χ0v) is 8.91. The lowest BCUT2D eigenvalue weighted by molar-refractivity contribution is 1.14. The Morgan fingerprint density at radius 2 is 1.88 bits per heavy atom. The Morgan fingerprint density at radius 3 is 2.00 bits per heavy atom. The monoisotopic (exact) mass is 288 g/mol. The number of hydrogen-bond acceptors (Lipinski definition) is 0. The smallest absolute Gasteiger partial charge is 0.00404 e. The van der Waals surface area contributed by atoms with E-state index in [0.29, 0.717) is 0 Å². The molecule has 0 spiro atoms. The van der Waals surface area contributed by atoms with Crippen LogP contribution < -0.4 is 0 Å². The number of halogens is 2. The summed E-state index contributed by atoms with van der Waals surface area (Å²) in [6.45, 7) is 4.32. The van der Waals surface area contributed by atoms with E-state index in [1.165, 1.54) is 8.06 Å². The first-order valence-corrected chi connectivity index (χ1v) is 4.62. The summed E-state index contributed by atoms with van der Waals surface area (Å²) < 4.78 is 2.78. The van der Waals surface area contributed by atoms with Gasteiger partial charge in [-0.25, -0.2) is 0 Å². The average molecular weight is 289 g/mol. The fraction of sp³-hybridized carbons (Fsp3) is 0.667. The Morgan fingerprint density at radius 1 is 1.38 bits per heavy atom. The number of hydrogen-bond donors (Lipinski definition) is 0. The van der Waals surface area contributed by atoms with Gasteiger partial charge in [-0.3, -0.25) is 0 Å². The molecule has 0 rings (SSSR count). The van der Waals surface area contributed by atoms with Crippen molar-refractivity contribution in [3.63, 3.8) is 0 Å². The quantitative estimate of drug-likeness (QED) is 0.677. The third-order valence-corrected chi connectivity index (χ3v) is 4.11. The predicted octanol–water partition coefficient (Wildman–Crippen LogP) is 3.85. The lowest BCUT2D eigenvalue weighted by Crippen LogP contribution is -1.70. The summed E-state index contributed by atoms with van der Waals surface area (Å²) in [6.07, 6.45) is 2.26. The molecule has 0 aromatic carbocycles. The molecule has 0 bridgehead atoms. The molecule has 0 aromatic heterocycles. The van der Waals surface area contributed by atoms with Gasteiger partial charge in [-0.1, -0.05) is 29.8 Å². The maximum Gasteiger partial charge on any atom is 0.00404 e. The maximum atomic E-state index is 3.47. The second-order valence-corrected chi connectivity index (χ2v) is 3.78. The summed E-state index contributed by atoms with van der Waals surface area (Å²) in [5.74, 6) is 0. The summed E-state index contributed by atoms with van der Waals surface area (Å²) in [4.78, 5) is 0. The minimum absolute atomic E-state index is 1.12. The molecule has 2 heteroatoms. The highest BCUT2D eigenvalue weighted by molar-refractivity contribution is 14.1. The van der Waals surface area contributed by atoms with E-state index in [9.17, 15) is 0 Å². The van der Waals surface area contributed by atoms with Gasteiger partial charge in [0.15, 0.2) is 0 Å². The van der Waals surface area contributed by atoms with Crippen molar-refractivity contribution in [2.75, 3.05) is 0 Å². The summed E-state index contributed by atoms with van der Waals surface area (Å²) >= 11 is 5.84. The molecule has 0 aliphatic heterocycles. The van der Waals surface area contributed by atoms with Crippen LogP contribution in [-0.4, -0.2) is 0 Å². The summed E-state index contributed by atoms with van der Waals surface area (Å²) in [7, 11) is 0. The van der Waals surface area contributed by atoms with Crippen molar-refractivity contribution in [2.45, 2.75) is 26.7 Å². The van der Waals surface area contributed by atoms with Crippen molar-refractivity contribution in [1.29, 1.82) is 0 Å². The van der Waals surface area contributed by atoms with Crippen molar-refractivity contribution >= 4 is 38.5 Å². The minimum Gasteiger partial charge on any atom is -0.0608 e. The fourth-order valence-electron chi connectivity index (χ4n) is 0.384. The second-order valence-electron chi connectivity index (χ2n) is 1.52. The van der Waals surface area contributed by atoms with Gasteiger partial charge in [0.25, 0.3) is 0 Å². The topological polar surface area (TPSA) is 0 Å². The molecule has 0 fully saturated rings. The first-order valence-electron chi connectivity index (χ1n) is 2.75. The van der Waals surface area contributed by atoms with Crippen molar-refractivity contribution in [3.8, 4) is 0 Å². The highest BCUT2D eigenvalue weighted by Gasteiger charge is 1.92. The molecule has 0 aromatic rings. The standard InChI is InChI=1S/C6H10BrI/c1-3-5(7)6(8)4-2/h3-4H2,1-2H3/b6-5-. The maximum absolute atomic E-state index is 3.47. The van der Waals surface area contributed by atoms with Gasteiger partial charge in [-0.2, -0.15) is 0 Å². The molecule has 48 valence electrons. The van der Waals surface area contributed by atoms with Gasteiger partial charge >= 0.3 is 0 Å². The van der Waals surface area contributed by atoms with Gasteiger partial charge < -0.3 is 0 Å². The molecule has 0 unspecified atom stereocenters. The van der Waals surface area contributed by atoms with E-state index in [-0.39, 0.29) is 0 Å². The normalized spacial score (nSPS) is 13.5. The van der Waals surface area contributed by atoms with E-state index in [1.807, 2.05) is 0 Å². The van der Waals surface area contributed by atoms with Crippen LogP contribution in [0.4, 0.5) is 0 Å².